The van der Waals surface area contributed by atoms with Gasteiger partial charge in [0.15, 0.2) is 15.6 Å². The Balaban J connectivity index is 0.00000675. The average Bonchev–Trinajstić information content (AvgIpc) is 2.89. The summed E-state index contributed by atoms with van der Waals surface area (Å²) in [6.45, 7) is -0.902. The summed E-state index contributed by atoms with van der Waals surface area (Å²) >= 11 is 0. The topological polar surface area (TPSA) is 273 Å². The molecule has 0 aliphatic carbocycles. The predicted octanol–water partition coefficient (Wildman–Crippen LogP) is 1.47. The molecule has 3 aromatic carbocycles. The Morgan fingerprint density at radius 2 is 1.54 bits per heavy atom. The number of aliphatic carboxylic acids is 1. The molecule has 46 heavy (non-hydrogen) atoms. The fourth-order valence-corrected chi connectivity index (χ4v) is 5.74. The smallest absolute Gasteiger partial charge is 0.397 e. The maximum absolute atomic E-state index is 12.6. The van der Waals surface area contributed by atoms with Gasteiger partial charge in [0.25, 0.3) is 10.1 Å². The van der Waals surface area contributed by atoms with Gasteiger partial charge in [-0.25, -0.2) is 12.6 Å². The Hall–Kier alpha value is -1.21. The van der Waals surface area contributed by atoms with E-state index in [1.54, 1.807) is 0 Å². The number of methoxy groups -OCH3 is 1. The van der Waals surface area contributed by atoms with E-state index in [4.69, 9.17) is 14.4 Å². The van der Waals surface area contributed by atoms with E-state index >= 15 is 0 Å². The van der Waals surface area contributed by atoms with Crippen molar-refractivity contribution in [3.05, 3.63) is 42.5 Å². The van der Waals surface area contributed by atoms with E-state index in [9.17, 15) is 44.5 Å². The van der Waals surface area contributed by atoms with Crippen molar-refractivity contribution in [1.82, 2.24) is 0 Å². The number of aromatic hydroxyl groups is 1. The van der Waals surface area contributed by atoms with E-state index in [-0.39, 0.29) is 123 Å². The number of carbonyl (C=O) groups is 2. The molecule has 3 rings (SSSR count). The Morgan fingerprint density at radius 3 is 2.11 bits per heavy atom. The second-order valence-electron chi connectivity index (χ2n) is 8.53. The Bertz CT molecular complexity index is 1960. The third kappa shape index (κ3) is 12.7. The molecule has 0 aliphatic rings. The molecule has 0 aliphatic heterocycles. The molecule has 0 saturated carbocycles. The molecular weight excluding hydrogens is 707 g/mol. The zero-order valence-corrected chi connectivity index (χ0v) is 33.3. The van der Waals surface area contributed by atoms with Gasteiger partial charge in [-0.05, 0) is 47.9 Å². The number of benzene rings is 3. The first kappa shape index (κ1) is 44.8. The summed E-state index contributed by atoms with van der Waals surface area (Å²) in [5, 5.41) is 29.6. The van der Waals surface area contributed by atoms with Crippen LogP contribution in [0, 0.1) is 0 Å². The zero-order valence-electron chi connectivity index (χ0n) is 24.9. The van der Waals surface area contributed by atoms with Gasteiger partial charge < -0.3 is 20.3 Å². The number of nitrogens with zero attached hydrogens (tertiary/aromatic N) is 2. The Morgan fingerprint density at radius 1 is 0.891 bits per heavy atom. The van der Waals surface area contributed by atoms with E-state index in [1.807, 2.05) is 0 Å². The van der Waals surface area contributed by atoms with Crippen molar-refractivity contribution in [3.8, 4) is 11.5 Å². The molecule has 1 amide bonds. The summed E-state index contributed by atoms with van der Waals surface area (Å²) in [7, 11) is -12.9. The first-order valence-corrected chi connectivity index (χ1v) is 16.1. The van der Waals surface area contributed by atoms with Crippen molar-refractivity contribution < 1.29 is 63.1 Å². The van der Waals surface area contributed by atoms with Crippen molar-refractivity contribution in [2.24, 2.45) is 10.2 Å². The molecule has 0 heterocycles. The fourth-order valence-electron chi connectivity index (χ4n) is 3.58. The SMILES string of the molecule is COc1ccc(S(=O)(=O)CCOS(=O)(=O)O)cc1N=Nc1c(S(=O)(=O)O)cc2cc(NC(=O)CCC(=O)O)ccc2c1O.[Na].[Na].[Na]. The number of phenolic OH excluding ortho intramolecular Hbond substituents is 1. The number of sulfone groups is 1. The molecule has 3 radical (unpaired) electrons. The predicted molar refractivity (Wildman–Crippen MR) is 165 cm³/mol. The summed E-state index contributed by atoms with van der Waals surface area (Å²) < 4.78 is 98.6. The van der Waals surface area contributed by atoms with Gasteiger partial charge in [0.1, 0.15) is 22.0 Å². The number of rotatable bonds is 13. The minimum absolute atomic E-state index is 0. The van der Waals surface area contributed by atoms with Gasteiger partial charge in [-0.3, -0.25) is 18.7 Å². The summed E-state index contributed by atoms with van der Waals surface area (Å²) in [4.78, 5) is 21.3. The van der Waals surface area contributed by atoms with Gasteiger partial charge in [0.05, 0.1) is 30.8 Å². The van der Waals surface area contributed by atoms with Crippen LogP contribution in [0.2, 0.25) is 0 Å². The molecule has 0 aromatic heterocycles. The minimum atomic E-state index is -5.05. The molecule has 5 N–H and O–H groups in total. The quantitative estimate of drug-likeness (QED) is 0.0947. The monoisotopic (exact) mass is 730 g/mol. The number of hydrogen-bond acceptors (Lipinski definition) is 13. The second-order valence-corrected chi connectivity index (χ2v) is 13.1. The van der Waals surface area contributed by atoms with E-state index < -0.39 is 82.2 Å². The van der Waals surface area contributed by atoms with Crippen LogP contribution in [0.15, 0.2) is 62.5 Å². The maximum atomic E-state index is 12.6. The molecule has 235 valence electrons. The first-order valence-electron chi connectivity index (χ1n) is 11.6. The van der Waals surface area contributed by atoms with Gasteiger partial charge in [0.2, 0.25) is 5.91 Å². The number of nitrogens with one attached hydrogen (secondary N) is 1. The third-order valence-electron chi connectivity index (χ3n) is 5.53. The van der Waals surface area contributed by atoms with E-state index in [0.717, 1.165) is 18.2 Å². The van der Waals surface area contributed by atoms with Crippen molar-refractivity contribution >= 4 is 159 Å². The van der Waals surface area contributed by atoms with Crippen LogP contribution in [-0.2, 0) is 44.1 Å². The number of fused-ring (bicyclic) bond motifs is 1. The third-order valence-corrected chi connectivity index (χ3v) is 8.54. The first-order chi connectivity index (χ1) is 19.9. The molecule has 3 aromatic rings. The number of hydrogen-bond donors (Lipinski definition) is 5. The van der Waals surface area contributed by atoms with E-state index in [2.05, 4.69) is 19.7 Å². The van der Waals surface area contributed by atoms with Crippen LogP contribution in [0.4, 0.5) is 17.1 Å². The molecule has 17 nitrogen and oxygen atoms in total. The van der Waals surface area contributed by atoms with Crippen molar-refractivity contribution in [2.45, 2.75) is 22.6 Å². The second kappa shape index (κ2) is 18.5. The van der Waals surface area contributed by atoms with Crippen LogP contribution in [0.3, 0.4) is 0 Å². The largest absolute Gasteiger partial charge is 0.505 e. The van der Waals surface area contributed by atoms with Crippen LogP contribution < -0.4 is 10.1 Å². The number of anilines is 1. The van der Waals surface area contributed by atoms with Crippen LogP contribution in [0.1, 0.15) is 12.8 Å². The number of phenols is 1. The zero-order chi connectivity index (χ0) is 32.2. The molecule has 0 unspecified atom stereocenters. The normalized spacial score (nSPS) is 11.6. The summed E-state index contributed by atoms with van der Waals surface area (Å²) in [6.07, 6.45) is -0.762. The van der Waals surface area contributed by atoms with Crippen molar-refractivity contribution in [3.63, 3.8) is 0 Å². The van der Waals surface area contributed by atoms with Crippen LogP contribution in [0.5, 0.6) is 11.5 Å². The van der Waals surface area contributed by atoms with Gasteiger partial charge in [-0.2, -0.15) is 16.8 Å². The molecule has 23 heteroatoms. The fraction of sp³-hybridized carbons (Fsp3) is 0.217. The summed E-state index contributed by atoms with van der Waals surface area (Å²) in [6, 6.07) is 8.02. The summed E-state index contributed by atoms with van der Waals surface area (Å²) in [5.74, 6) is -3.50. The number of carboxylic acids is 1. The molecule has 0 atom stereocenters. The van der Waals surface area contributed by atoms with Gasteiger partial charge in [0, 0.05) is 106 Å². The van der Waals surface area contributed by atoms with Crippen molar-refractivity contribution in [2.75, 3.05) is 24.8 Å². The Kier molecular flexibility index (Phi) is 18.0. The molecule has 0 spiro atoms. The maximum Gasteiger partial charge on any atom is 0.397 e. The van der Waals surface area contributed by atoms with Crippen LogP contribution in [-0.4, -0.2) is 165 Å². The van der Waals surface area contributed by atoms with Crippen LogP contribution >= 0.6 is 0 Å². The number of carbonyl (C=O) groups excluding carboxylic acids is 1. The molecular formula is C23H23N3Na3O14S3. The van der Waals surface area contributed by atoms with E-state index in [1.165, 1.54) is 31.4 Å². The summed E-state index contributed by atoms with van der Waals surface area (Å²) in [5.41, 5.74) is -0.882. The molecule has 0 fully saturated rings. The Labute approximate surface area is 329 Å². The number of azo groups is 1. The molecule has 0 saturated heterocycles. The standard InChI is InChI=1S/C23H23N3O14S3.3Na/c1-39-18-5-3-15(41(31,32)9-8-40-43(36,37)38)12-17(18)25-26-22-19(42(33,34)35)11-13-10-14(2-4-16(13)23(22)30)24-20(27)6-7-21(28)29;;;/h2-5,10-12,30H,6-9H2,1H3,(H,24,27)(H,28,29)(H,33,34,35)(H,36,37,38);;;. The average molecular weight is 731 g/mol. The minimum Gasteiger partial charge on any atom is -0.505 e. The van der Waals surface area contributed by atoms with E-state index in [0.29, 0.717) is 0 Å². The number of ether oxygens (including phenoxy) is 1. The van der Waals surface area contributed by atoms with Crippen molar-refractivity contribution in [1.29, 1.82) is 0 Å². The van der Waals surface area contributed by atoms with Crippen LogP contribution in [0.25, 0.3) is 10.8 Å². The van der Waals surface area contributed by atoms with Gasteiger partial charge in [-0.15, -0.1) is 10.2 Å². The molecule has 0 bridgehead atoms. The van der Waals surface area contributed by atoms with Gasteiger partial charge >= 0.3 is 16.4 Å². The van der Waals surface area contributed by atoms with Gasteiger partial charge in [-0.1, -0.05) is 0 Å². The number of carboxylic acid groups (broad SMARTS) is 1. The number of amides is 1.